The molecule has 0 heterocycles. The van der Waals surface area contributed by atoms with Gasteiger partial charge < -0.3 is 0 Å². The lowest BCUT2D eigenvalue weighted by Gasteiger charge is -2.29. The van der Waals surface area contributed by atoms with E-state index in [-0.39, 0.29) is 11.2 Å². The largest absolute Gasteiger partial charge is 0.295 e. The number of hydrogen-bond acceptors (Lipinski definition) is 1. The van der Waals surface area contributed by atoms with E-state index in [9.17, 15) is 4.79 Å². The van der Waals surface area contributed by atoms with Crippen LogP contribution in [0.2, 0.25) is 5.02 Å². The monoisotopic (exact) mass is 248 g/mol. The molecular weight excluding hydrogens is 232 g/mol. The van der Waals surface area contributed by atoms with Gasteiger partial charge in [0.2, 0.25) is 0 Å². The van der Waals surface area contributed by atoms with Gasteiger partial charge in [-0.2, -0.15) is 0 Å². The highest BCUT2D eigenvalue weighted by atomic mass is 35.5. The molecule has 0 unspecified atom stereocenters. The average molecular weight is 249 g/mol. The fraction of sp³-hybridized carbons (Fsp3) is 0.400. The van der Waals surface area contributed by atoms with Gasteiger partial charge >= 0.3 is 0 Å². The maximum absolute atomic E-state index is 12.0. The first kappa shape index (κ1) is 12.4. The van der Waals surface area contributed by atoms with Crippen LogP contribution in [0.5, 0.6) is 0 Å². The molecule has 0 amide bonds. The molecule has 2 heteroatoms. The van der Waals surface area contributed by atoms with E-state index in [1.165, 1.54) is 0 Å². The Kier molecular flexibility index (Phi) is 3.39. The minimum Gasteiger partial charge on any atom is -0.295 e. The molecule has 1 fully saturated rings. The van der Waals surface area contributed by atoms with Gasteiger partial charge in [-0.15, -0.1) is 0 Å². The summed E-state index contributed by atoms with van der Waals surface area (Å²) in [6, 6.07) is 7.60. The molecule has 0 spiro atoms. The second-order valence-corrected chi connectivity index (χ2v) is 5.92. The molecule has 17 heavy (non-hydrogen) atoms. The van der Waals surface area contributed by atoms with Crippen LogP contribution >= 0.6 is 11.6 Å². The standard InChI is InChI=1S/C15H17ClO/c1-15(2)8-7-12(14(17)10-15)9-11-3-5-13(16)6-4-11/h3-6,9H,7-8,10H2,1-2H3/b12-9-. The van der Waals surface area contributed by atoms with E-state index in [4.69, 9.17) is 11.6 Å². The van der Waals surface area contributed by atoms with Crippen molar-refractivity contribution in [1.82, 2.24) is 0 Å². The van der Waals surface area contributed by atoms with E-state index in [0.29, 0.717) is 6.42 Å². The summed E-state index contributed by atoms with van der Waals surface area (Å²) in [6.45, 7) is 4.31. The predicted molar refractivity (Wildman–Crippen MR) is 72.1 cm³/mol. The Balaban J connectivity index is 2.18. The summed E-state index contributed by atoms with van der Waals surface area (Å²) in [5.41, 5.74) is 2.16. The maximum Gasteiger partial charge on any atom is 0.159 e. The molecule has 0 saturated heterocycles. The number of ketones is 1. The van der Waals surface area contributed by atoms with Crippen molar-refractivity contribution in [3.63, 3.8) is 0 Å². The van der Waals surface area contributed by atoms with Crippen molar-refractivity contribution in [2.45, 2.75) is 33.1 Å². The smallest absolute Gasteiger partial charge is 0.159 e. The normalized spacial score (nSPS) is 21.8. The van der Waals surface area contributed by atoms with Crippen LogP contribution < -0.4 is 0 Å². The van der Waals surface area contributed by atoms with Crippen LogP contribution in [0.25, 0.3) is 6.08 Å². The van der Waals surface area contributed by atoms with Gasteiger partial charge in [0.25, 0.3) is 0 Å². The van der Waals surface area contributed by atoms with E-state index in [1.807, 2.05) is 30.3 Å². The summed E-state index contributed by atoms with van der Waals surface area (Å²) in [6.07, 6.45) is 4.62. The van der Waals surface area contributed by atoms with Gasteiger partial charge in [-0.1, -0.05) is 37.6 Å². The fourth-order valence-electron chi connectivity index (χ4n) is 2.16. The number of carbonyl (C=O) groups excluding carboxylic acids is 1. The van der Waals surface area contributed by atoms with Gasteiger partial charge in [-0.3, -0.25) is 4.79 Å². The first-order chi connectivity index (χ1) is 7.96. The van der Waals surface area contributed by atoms with Crippen LogP contribution in [-0.2, 0) is 4.79 Å². The molecule has 0 aliphatic heterocycles. The minimum absolute atomic E-state index is 0.161. The third-order valence-corrected chi connectivity index (χ3v) is 3.53. The van der Waals surface area contributed by atoms with E-state index < -0.39 is 0 Å². The van der Waals surface area contributed by atoms with Crippen LogP contribution in [0, 0.1) is 5.41 Å². The Hall–Kier alpha value is -1.08. The number of benzene rings is 1. The fourth-order valence-corrected chi connectivity index (χ4v) is 2.29. The van der Waals surface area contributed by atoms with Crippen molar-refractivity contribution in [2.75, 3.05) is 0 Å². The summed E-state index contributed by atoms with van der Waals surface area (Å²) in [4.78, 5) is 12.0. The Morgan fingerprint density at radius 2 is 1.88 bits per heavy atom. The summed E-state index contributed by atoms with van der Waals surface area (Å²) in [7, 11) is 0. The summed E-state index contributed by atoms with van der Waals surface area (Å²) >= 11 is 5.83. The molecular formula is C15H17ClO. The zero-order valence-corrected chi connectivity index (χ0v) is 11.1. The number of hydrogen-bond donors (Lipinski definition) is 0. The molecule has 0 bridgehead atoms. The first-order valence-electron chi connectivity index (χ1n) is 5.96. The summed E-state index contributed by atoms with van der Waals surface area (Å²) in [5.74, 6) is 0.288. The Morgan fingerprint density at radius 1 is 1.24 bits per heavy atom. The van der Waals surface area contributed by atoms with Gasteiger partial charge in [0.05, 0.1) is 0 Å². The van der Waals surface area contributed by atoms with E-state index >= 15 is 0 Å². The van der Waals surface area contributed by atoms with Gasteiger partial charge in [0, 0.05) is 11.4 Å². The lowest BCUT2D eigenvalue weighted by Crippen LogP contribution is -2.24. The average Bonchev–Trinajstić information content (AvgIpc) is 2.24. The molecule has 1 aliphatic rings. The van der Waals surface area contributed by atoms with Crippen LogP contribution in [0.15, 0.2) is 29.8 Å². The zero-order chi connectivity index (χ0) is 12.5. The second kappa shape index (κ2) is 4.66. The lowest BCUT2D eigenvalue weighted by atomic mass is 9.74. The van der Waals surface area contributed by atoms with Gasteiger partial charge in [0.1, 0.15) is 0 Å². The quantitative estimate of drug-likeness (QED) is 0.669. The SMILES string of the molecule is CC1(C)CC/C(=C/c2ccc(Cl)cc2)C(=O)C1. The molecule has 0 radical (unpaired) electrons. The molecule has 0 atom stereocenters. The van der Waals surface area contributed by atoms with Crippen molar-refractivity contribution in [3.8, 4) is 0 Å². The Morgan fingerprint density at radius 3 is 2.47 bits per heavy atom. The van der Waals surface area contributed by atoms with Gasteiger partial charge in [0.15, 0.2) is 5.78 Å². The van der Waals surface area contributed by atoms with Crippen LogP contribution in [0.1, 0.15) is 38.7 Å². The zero-order valence-electron chi connectivity index (χ0n) is 10.3. The third kappa shape index (κ3) is 3.19. The molecule has 0 N–H and O–H groups in total. The molecule has 90 valence electrons. The van der Waals surface area contributed by atoms with Crippen molar-refractivity contribution < 1.29 is 4.79 Å². The number of Topliss-reactive ketones (excluding diaryl/α,β-unsaturated/α-hetero) is 1. The van der Waals surface area contributed by atoms with Crippen LogP contribution in [0.3, 0.4) is 0 Å². The van der Waals surface area contributed by atoms with Crippen LogP contribution in [-0.4, -0.2) is 5.78 Å². The number of carbonyl (C=O) groups is 1. The van der Waals surface area contributed by atoms with E-state index in [1.54, 1.807) is 0 Å². The van der Waals surface area contributed by atoms with Crippen molar-refractivity contribution in [1.29, 1.82) is 0 Å². The first-order valence-corrected chi connectivity index (χ1v) is 6.33. The van der Waals surface area contributed by atoms with E-state index in [0.717, 1.165) is 29.0 Å². The molecule has 1 aromatic carbocycles. The maximum atomic E-state index is 12.0. The second-order valence-electron chi connectivity index (χ2n) is 5.49. The van der Waals surface area contributed by atoms with Crippen molar-refractivity contribution in [3.05, 3.63) is 40.4 Å². The van der Waals surface area contributed by atoms with Gasteiger partial charge in [-0.25, -0.2) is 0 Å². The molecule has 1 aliphatic carbocycles. The summed E-state index contributed by atoms with van der Waals surface area (Å²) in [5, 5.41) is 0.725. The molecule has 1 aromatic rings. The minimum atomic E-state index is 0.161. The molecule has 0 aromatic heterocycles. The topological polar surface area (TPSA) is 17.1 Å². The highest BCUT2D eigenvalue weighted by Gasteiger charge is 2.29. The van der Waals surface area contributed by atoms with Crippen molar-refractivity contribution in [2.24, 2.45) is 5.41 Å². The number of halogens is 1. The number of allylic oxidation sites excluding steroid dienone is 1. The molecule has 2 rings (SSSR count). The highest BCUT2D eigenvalue weighted by molar-refractivity contribution is 6.30. The van der Waals surface area contributed by atoms with Crippen molar-refractivity contribution >= 4 is 23.5 Å². The molecule has 1 nitrogen and oxygen atoms in total. The Labute approximate surface area is 107 Å². The van der Waals surface area contributed by atoms with Crippen LogP contribution in [0.4, 0.5) is 0 Å². The summed E-state index contributed by atoms with van der Waals surface area (Å²) < 4.78 is 0. The predicted octanol–water partition coefficient (Wildman–Crippen LogP) is 4.50. The third-order valence-electron chi connectivity index (χ3n) is 3.28. The Bertz CT molecular complexity index is 454. The lowest BCUT2D eigenvalue weighted by molar-refractivity contribution is -0.118. The van der Waals surface area contributed by atoms with E-state index in [2.05, 4.69) is 13.8 Å². The number of rotatable bonds is 1. The van der Waals surface area contributed by atoms with Gasteiger partial charge in [-0.05, 0) is 47.6 Å². The highest BCUT2D eigenvalue weighted by Crippen LogP contribution is 2.36. The molecule has 1 saturated carbocycles.